The summed E-state index contributed by atoms with van der Waals surface area (Å²) in [7, 11) is 0. The highest BCUT2D eigenvalue weighted by molar-refractivity contribution is 5.99. The number of piperidine rings is 2. The van der Waals surface area contributed by atoms with E-state index >= 15 is 0 Å². The van der Waals surface area contributed by atoms with E-state index in [1.165, 1.54) is 25.0 Å². The van der Waals surface area contributed by atoms with Gasteiger partial charge in [0.15, 0.2) is 0 Å². The molecule has 4 rings (SSSR count). The number of non-ortho nitro benzene ring substituents is 1. The molecule has 0 unspecified atom stereocenters. The van der Waals surface area contributed by atoms with Crippen molar-refractivity contribution in [1.82, 2.24) is 15.0 Å². The molecule has 2 aromatic rings. The predicted molar refractivity (Wildman–Crippen MR) is 121 cm³/mol. The maximum absolute atomic E-state index is 10.9. The lowest BCUT2D eigenvalue weighted by molar-refractivity contribution is -0.384. The molecule has 3 heterocycles. The summed E-state index contributed by atoms with van der Waals surface area (Å²) in [6, 6.07) is 6.31. The van der Waals surface area contributed by atoms with Gasteiger partial charge in [-0.3, -0.25) is 10.1 Å². The number of aromatic nitrogens is 3. The fourth-order valence-electron chi connectivity index (χ4n) is 3.90. The second-order valence-corrected chi connectivity index (χ2v) is 7.97. The summed E-state index contributed by atoms with van der Waals surface area (Å²) in [6.45, 7) is 5.65. The average molecular weight is 425 g/mol. The Morgan fingerprint density at radius 2 is 1.42 bits per heavy atom. The van der Waals surface area contributed by atoms with Crippen molar-refractivity contribution in [1.29, 1.82) is 0 Å². The van der Waals surface area contributed by atoms with Crippen molar-refractivity contribution < 1.29 is 4.92 Å². The van der Waals surface area contributed by atoms with Crippen molar-refractivity contribution in [2.45, 2.75) is 45.4 Å². The topological polar surface area (TPSA) is 113 Å². The van der Waals surface area contributed by atoms with Gasteiger partial charge in [0, 0.05) is 38.3 Å². The molecule has 2 fully saturated rings. The summed E-state index contributed by atoms with van der Waals surface area (Å²) < 4.78 is 0. The number of nitro groups is 1. The molecule has 0 amide bonds. The van der Waals surface area contributed by atoms with Crippen LogP contribution in [0.2, 0.25) is 0 Å². The van der Waals surface area contributed by atoms with Crippen molar-refractivity contribution in [3.63, 3.8) is 0 Å². The van der Waals surface area contributed by atoms with E-state index in [1.807, 2.05) is 6.92 Å². The molecule has 1 aromatic heterocycles. The van der Waals surface area contributed by atoms with Crippen LogP contribution in [0.3, 0.4) is 0 Å². The molecule has 31 heavy (non-hydrogen) atoms. The lowest BCUT2D eigenvalue weighted by atomic mass is 10.1. The van der Waals surface area contributed by atoms with Crippen molar-refractivity contribution in [3.05, 3.63) is 39.9 Å². The maximum Gasteiger partial charge on any atom is 0.269 e. The smallest absolute Gasteiger partial charge is 0.269 e. The van der Waals surface area contributed by atoms with E-state index in [9.17, 15) is 10.1 Å². The first-order valence-electron chi connectivity index (χ1n) is 10.9. The van der Waals surface area contributed by atoms with E-state index in [2.05, 4.69) is 30.3 Å². The van der Waals surface area contributed by atoms with Crippen LogP contribution in [0, 0.1) is 10.1 Å². The molecular weight excluding hydrogens is 396 g/mol. The largest absolute Gasteiger partial charge is 0.341 e. The van der Waals surface area contributed by atoms with Gasteiger partial charge in [-0.05, 0) is 63.1 Å². The number of anilines is 3. The molecule has 0 aliphatic carbocycles. The Labute approximate surface area is 181 Å². The van der Waals surface area contributed by atoms with Crippen LogP contribution < -0.4 is 15.2 Å². The van der Waals surface area contributed by atoms with Gasteiger partial charge in [0.2, 0.25) is 17.8 Å². The zero-order chi connectivity index (χ0) is 21.6. The number of benzene rings is 1. The van der Waals surface area contributed by atoms with Crippen molar-refractivity contribution >= 4 is 29.2 Å². The van der Waals surface area contributed by atoms with Crippen molar-refractivity contribution in [2.75, 3.05) is 41.4 Å². The molecule has 2 aliphatic heterocycles. The first-order chi connectivity index (χ1) is 15.1. The van der Waals surface area contributed by atoms with Crippen LogP contribution in [-0.4, -0.2) is 51.8 Å². The Kier molecular flexibility index (Phi) is 6.54. The normalized spacial score (nSPS) is 17.5. The van der Waals surface area contributed by atoms with Crippen molar-refractivity contribution in [3.8, 4) is 0 Å². The maximum atomic E-state index is 10.9. The summed E-state index contributed by atoms with van der Waals surface area (Å²) in [6.07, 6.45) is 7.06. The molecule has 10 heteroatoms. The molecule has 0 atom stereocenters. The molecule has 10 nitrogen and oxygen atoms in total. The number of nitro benzene ring substituents is 1. The molecular formula is C21H28N8O2. The minimum atomic E-state index is -0.413. The van der Waals surface area contributed by atoms with Gasteiger partial charge in [-0.1, -0.05) is 0 Å². The Morgan fingerprint density at radius 3 is 1.90 bits per heavy atom. The standard InChI is InChI=1S/C21H28N8O2/c1-16(17-8-10-18(11-9-17)29(30)31)25-26-19-22-20(27-12-4-2-5-13-27)24-21(23-19)28-14-6-3-7-15-28/h8-11H,2-7,12-15H2,1H3,(H,22,23,24,26)/b25-16+. The number of rotatable bonds is 6. The third-order valence-corrected chi connectivity index (χ3v) is 5.71. The van der Waals surface area contributed by atoms with Crippen LogP contribution in [0.25, 0.3) is 0 Å². The Morgan fingerprint density at radius 1 is 0.903 bits per heavy atom. The van der Waals surface area contributed by atoms with E-state index in [1.54, 1.807) is 12.1 Å². The second-order valence-electron chi connectivity index (χ2n) is 7.97. The van der Waals surface area contributed by atoms with Crippen LogP contribution in [0.5, 0.6) is 0 Å². The fraction of sp³-hybridized carbons (Fsp3) is 0.524. The van der Waals surface area contributed by atoms with Gasteiger partial charge in [0.1, 0.15) is 0 Å². The Bertz CT molecular complexity index is 899. The van der Waals surface area contributed by atoms with Crippen LogP contribution in [-0.2, 0) is 0 Å². The Hall–Kier alpha value is -3.30. The van der Waals surface area contributed by atoms with Gasteiger partial charge < -0.3 is 9.80 Å². The third-order valence-electron chi connectivity index (χ3n) is 5.71. The Balaban J connectivity index is 1.56. The average Bonchev–Trinajstić information content (AvgIpc) is 2.83. The molecule has 0 bridgehead atoms. The van der Waals surface area contributed by atoms with Gasteiger partial charge in [-0.15, -0.1) is 0 Å². The number of nitrogens with one attached hydrogen (secondary N) is 1. The first-order valence-corrected chi connectivity index (χ1v) is 10.9. The van der Waals surface area contributed by atoms with Crippen LogP contribution in [0.1, 0.15) is 51.0 Å². The minimum Gasteiger partial charge on any atom is -0.341 e. The van der Waals surface area contributed by atoms with E-state index in [4.69, 9.17) is 4.98 Å². The molecule has 0 saturated carbocycles. The summed E-state index contributed by atoms with van der Waals surface area (Å²) >= 11 is 0. The number of hydrogen-bond acceptors (Lipinski definition) is 9. The van der Waals surface area contributed by atoms with Crippen LogP contribution in [0.4, 0.5) is 23.5 Å². The minimum absolute atomic E-state index is 0.0549. The number of hydrogen-bond donors (Lipinski definition) is 1. The van der Waals surface area contributed by atoms with E-state index in [0.29, 0.717) is 23.6 Å². The van der Waals surface area contributed by atoms with E-state index in [0.717, 1.165) is 57.4 Å². The summed E-state index contributed by atoms with van der Waals surface area (Å²) in [4.78, 5) is 28.9. The zero-order valence-electron chi connectivity index (χ0n) is 17.8. The highest BCUT2D eigenvalue weighted by Gasteiger charge is 2.20. The zero-order valence-corrected chi connectivity index (χ0v) is 17.8. The third kappa shape index (κ3) is 5.25. The SMILES string of the molecule is C/C(=N\Nc1nc(N2CCCCC2)nc(N2CCCCC2)n1)c1ccc([N+](=O)[O-])cc1. The summed E-state index contributed by atoms with van der Waals surface area (Å²) in [5.41, 5.74) is 4.51. The summed E-state index contributed by atoms with van der Waals surface area (Å²) in [5, 5.41) is 15.3. The first kappa shape index (κ1) is 21.0. The van der Waals surface area contributed by atoms with Crippen LogP contribution in [0.15, 0.2) is 29.4 Å². The van der Waals surface area contributed by atoms with Gasteiger partial charge in [0.25, 0.3) is 5.69 Å². The molecule has 0 radical (unpaired) electrons. The highest BCUT2D eigenvalue weighted by atomic mass is 16.6. The molecule has 1 aromatic carbocycles. The van der Waals surface area contributed by atoms with Gasteiger partial charge in [-0.25, -0.2) is 5.43 Å². The number of nitrogens with zero attached hydrogens (tertiary/aromatic N) is 7. The molecule has 2 saturated heterocycles. The van der Waals surface area contributed by atoms with E-state index in [-0.39, 0.29) is 5.69 Å². The lowest BCUT2D eigenvalue weighted by Crippen LogP contribution is -2.34. The summed E-state index contributed by atoms with van der Waals surface area (Å²) in [5.74, 6) is 1.80. The van der Waals surface area contributed by atoms with Gasteiger partial charge >= 0.3 is 0 Å². The predicted octanol–water partition coefficient (Wildman–Crippen LogP) is 3.60. The van der Waals surface area contributed by atoms with E-state index < -0.39 is 4.92 Å². The molecule has 164 valence electrons. The van der Waals surface area contributed by atoms with Gasteiger partial charge in [0.05, 0.1) is 10.6 Å². The molecule has 0 spiro atoms. The van der Waals surface area contributed by atoms with Crippen molar-refractivity contribution in [2.24, 2.45) is 5.10 Å². The highest BCUT2D eigenvalue weighted by Crippen LogP contribution is 2.22. The van der Waals surface area contributed by atoms with Gasteiger partial charge in [-0.2, -0.15) is 20.1 Å². The number of hydrazone groups is 1. The van der Waals surface area contributed by atoms with Crippen LogP contribution >= 0.6 is 0 Å². The lowest BCUT2D eigenvalue weighted by Gasteiger charge is -2.30. The fourth-order valence-corrected chi connectivity index (χ4v) is 3.90. The molecule has 2 aliphatic rings. The molecule has 1 N–H and O–H groups in total. The quantitative estimate of drug-likeness (QED) is 0.425. The monoisotopic (exact) mass is 424 g/mol. The second kappa shape index (κ2) is 9.67.